The molecule has 0 aliphatic rings. The summed E-state index contributed by atoms with van der Waals surface area (Å²) in [5.41, 5.74) is 4.39. The Balaban J connectivity index is 3.05. The van der Waals surface area contributed by atoms with Crippen LogP contribution in [0.3, 0.4) is 0 Å². The predicted octanol–water partition coefficient (Wildman–Crippen LogP) is 2.02. The highest BCUT2D eigenvalue weighted by Crippen LogP contribution is 2.25. The van der Waals surface area contributed by atoms with Gasteiger partial charge in [-0.15, -0.1) is 0 Å². The van der Waals surface area contributed by atoms with Crippen LogP contribution in [0.4, 0.5) is 20.2 Å². The Hall–Kier alpha value is -1.76. The van der Waals surface area contributed by atoms with E-state index < -0.39 is 22.2 Å². The molecule has 1 unspecified atom stereocenters. The van der Waals surface area contributed by atoms with Gasteiger partial charge >= 0.3 is 0 Å². The van der Waals surface area contributed by atoms with E-state index in [1.165, 1.54) is 0 Å². The van der Waals surface area contributed by atoms with Gasteiger partial charge in [-0.2, -0.15) is 0 Å². The highest BCUT2D eigenvalue weighted by molar-refractivity contribution is 5.52. The van der Waals surface area contributed by atoms with E-state index >= 15 is 0 Å². The van der Waals surface area contributed by atoms with Crippen LogP contribution < -0.4 is 11.1 Å². The zero-order valence-electron chi connectivity index (χ0n) is 9.24. The molecule has 0 aromatic heterocycles. The maximum Gasteiger partial charge on any atom is 0.275 e. The Morgan fingerprint density at radius 3 is 2.35 bits per heavy atom. The average molecular weight is 245 g/mol. The lowest BCUT2D eigenvalue weighted by Crippen LogP contribution is -2.28. The number of hydrogen-bond donors (Lipinski definition) is 2. The van der Waals surface area contributed by atoms with Crippen molar-refractivity contribution in [2.45, 2.75) is 19.4 Å². The van der Waals surface area contributed by atoms with E-state index in [2.05, 4.69) is 5.32 Å². The molecule has 0 saturated heterocycles. The summed E-state index contributed by atoms with van der Waals surface area (Å²) < 4.78 is 26.9. The molecule has 0 fully saturated rings. The van der Waals surface area contributed by atoms with Crippen LogP contribution in [0.15, 0.2) is 12.1 Å². The molecule has 17 heavy (non-hydrogen) atoms. The molecule has 0 bridgehead atoms. The monoisotopic (exact) mass is 245 g/mol. The van der Waals surface area contributed by atoms with Crippen LogP contribution in [-0.4, -0.2) is 17.5 Å². The Morgan fingerprint density at radius 2 is 2.00 bits per heavy atom. The largest absolute Gasteiger partial charge is 0.376 e. The zero-order valence-corrected chi connectivity index (χ0v) is 9.24. The number of halogens is 2. The van der Waals surface area contributed by atoms with Crippen LogP contribution >= 0.6 is 0 Å². The number of anilines is 1. The van der Waals surface area contributed by atoms with Crippen LogP contribution in [0.5, 0.6) is 0 Å². The first kappa shape index (κ1) is 13.3. The van der Waals surface area contributed by atoms with Gasteiger partial charge in [0.2, 0.25) is 0 Å². The topological polar surface area (TPSA) is 81.2 Å². The summed E-state index contributed by atoms with van der Waals surface area (Å²) in [5.74, 6) is -1.99. The van der Waals surface area contributed by atoms with Crippen LogP contribution in [0.1, 0.15) is 13.3 Å². The summed E-state index contributed by atoms with van der Waals surface area (Å²) in [5, 5.41) is 13.0. The summed E-state index contributed by atoms with van der Waals surface area (Å²) in [7, 11) is 0. The van der Waals surface area contributed by atoms with Crippen molar-refractivity contribution < 1.29 is 13.7 Å². The first-order chi connectivity index (χ1) is 7.99. The van der Waals surface area contributed by atoms with Crippen molar-refractivity contribution in [2.75, 3.05) is 11.9 Å². The second-order valence-corrected chi connectivity index (χ2v) is 3.53. The van der Waals surface area contributed by atoms with Gasteiger partial charge in [0.1, 0.15) is 5.69 Å². The van der Waals surface area contributed by atoms with E-state index in [4.69, 9.17) is 5.73 Å². The van der Waals surface area contributed by atoms with Gasteiger partial charge in [0.25, 0.3) is 5.69 Å². The molecule has 0 radical (unpaired) electrons. The van der Waals surface area contributed by atoms with Crippen molar-refractivity contribution in [1.29, 1.82) is 0 Å². The summed E-state index contributed by atoms with van der Waals surface area (Å²) in [6.45, 7) is 2.03. The second kappa shape index (κ2) is 5.53. The minimum atomic E-state index is -0.997. The predicted molar refractivity (Wildman–Crippen MR) is 59.8 cm³/mol. The SMILES string of the molecule is CCC(CN)Nc1c(F)cc([N+](=O)[O-])cc1F. The smallest absolute Gasteiger partial charge is 0.275 e. The number of nitrogens with zero attached hydrogens (tertiary/aromatic N) is 1. The van der Waals surface area contributed by atoms with Crippen molar-refractivity contribution in [3.63, 3.8) is 0 Å². The van der Waals surface area contributed by atoms with Gasteiger partial charge in [0.15, 0.2) is 11.6 Å². The van der Waals surface area contributed by atoms with E-state index in [-0.39, 0.29) is 18.3 Å². The molecule has 0 aliphatic heterocycles. The average Bonchev–Trinajstić information content (AvgIpc) is 2.28. The summed E-state index contributed by atoms with van der Waals surface area (Å²) in [4.78, 5) is 9.53. The third-order valence-electron chi connectivity index (χ3n) is 2.36. The molecule has 1 atom stereocenters. The fourth-order valence-corrected chi connectivity index (χ4v) is 1.33. The molecule has 0 aliphatic carbocycles. The fourth-order valence-electron chi connectivity index (χ4n) is 1.33. The molecular weight excluding hydrogens is 232 g/mol. The normalized spacial score (nSPS) is 12.2. The van der Waals surface area contributed by atoms with Gasteiger partial charge < -0.3 is 11.1 Å². The van der Waals surface area contributed by atoms with Crippen LogP contribution in [0.2, 0.25) is 0 Å². The molecule has 0 amide bonds. The first-order valence-corrected chi connectivity index (χ1v) is 5.09. The molecule has 1 rings (SSSR count). The van der Waals surface area contributed by atoms with E-state index in [1.807, 2.05) is 6.92 Å². The third-order valence-corrected chi connectivity index (χ3v) is 2.36. The molecule has 0 heterocycles. The number of non-ortho nitro benzene ring substituents is 1. The Morgan fingerprint density at radius 1 is 1.47 bits per heavy atom. The maximum atomic E-state index is 13.5. The highest BCUT2D eigenvalue weighted by Gasteiger charge is 2.18. The van der Waals surface area contributed by atoms with E-state index in [0.717, 1.165) is 0 Å². The van der Waals surface area contributed by atoms with Crippen molar-refractivity contribution >= 4 is 11.4 Å². The van der Waals surface area contributed by atoms with Crippen molar-refractivity contribution in [3.8, 4) is 0 Å². The Kier molecular flexibility index (Phi) is 4.33. The number of nitrogens with one attached hydrogen (secondary N) is 1. The number of rotatable bonds is 5. The van der Waals surface area contributed by atoms with E-state index in [0.29, 0.717) is 18.6 Å². The van der Waals surface area contributed by atoms with Gasteiger partial charge in [0, 0.05) is 12.6 Å². The summed E-state index contributed by atoms with van der Waals surface area (Å²) >= 11 is 0. The highest BCUT2D eigenvalue weighted by atomic mass is 19.1. The molecule has 5 nitrogen and oxygen atoms in total. The van der Waals surface area contributed by atoms with Gasteiger partial charge in [-0.3, -0.25) is 10.1 Å². The van der Waals surface area contributed by atoms with Crippen molar-refractivity contribution in [1.82, 2.24) is 0 Å². The lowest BCUT2D eigenvalue weighted by atomic mass is 10.2. The Labute approximate surface area is 96.8 Å². The zero-order chi connectivity index (χ0) is 13.0. The van der Waals surface area contributed by atoms with Gasteiger partial charge in [-0.1, -0.05) is 6.92 Å². The van der Waals surface area contributed by atoms with E-state index in [9.17, 15) is 18.9 Å². The number of nitro benzene ring substituents is 1. The number of hydrogen-bond acceptors (Lipinski definition) is 4. The molecule has 3 N–H and O–H groups in total. The van der Waals surface area contributed by atoms with Gasteiger partial charge in [-0.25, -0.2) is 8.78 Å². The first-order valence-electron chi connectivity index (χ1n) is 5.09. The number of nitro groups is 1. The Bertz CT molecular complexity index is 399. The summed E-state index contributed by atoms with van der Waals surface area (Å²) in [6.07, 6.45) is 0.590. The number of nitrogens with two attached hydrogens (primary N) is 1. The third kappa shape index (κ3) is 3.10. The molecule has 0 spiro atoms. The van der Waals surface area contributed by atoms with Gasteiger partial charge in [-0.05, 0) is 6.42 Å². The van der Waals surface area contributed by atoms with Crippen molar-refractivity contribution in [3.05, 3.63) is 33.9 Å². The fraction of sp³-hybridized carbons (Fsp3) is 0.400. The van der Waals surface area contributed by atoms with Crippen molar-refractivity contribution in [2.24, 2.45) is 5.73 Å². The molecule has 7 heteroatoms. The molecular formula is C10H13F2N3O2. The minimum Gasteiger partial charge on any atom is -0.376 e. The number of benzene rings is 1. The quantitative estimate of drug-likeness (QED) is 0.614. The van der Waals surface area contributed by atoms with Gasteiger partial charge in [0.05, 0.1) is 17.1 Å². The maximum absolute atomic E-state index is 13.5. The standard InChI is InChI=1S/C10H13F2N3O2/c1-2-6(5-13)14-10-8(11)3-7(15(16)17)4-9(10)12/h3-4,6,14H,2,5,13H2,1H3. The lowest BCUT2D eigenvalue weighted by molar-refractivity contribution is -0.385. The molecule has 0 saturated carbocycles. The molecule has 94 valence electrons. The lowest BCUT2D eigenvalue weighted by Gasteiger charge is -2.16. The molecule has 1 aromatic carbocycles. The van der Waals surface area contributed by atoms with Crippen LogP contribution in [0.25, 0.3) is 0 Å². The van der Waals surface area contributed by atoms with Crippen LogP contribution in [0, 0.1) is 21.7 Å². The van der Waals surface area contributed by atoms with E-state index in [1.54, 1.807) is 0 Å². The minimum absolute atomic E-state index is 0.215. The van der Waals surface area contributed by atoms with Crippen LogP contribution in [-0.2, 0) is 0 Å². The summed E-state index contributed by atoms with van der Waals surface area (Å²) in [6, 6.07) is 1.07. The molecule has 1 aromatic rings. The second-order valence-electron chi connectivity index (χ2n) is 3.53.